The van der Waals surface area contributed by atoms with Crippen LogP contribution in [0.15, 0.2) is 24.8 Å². The Bertz CT molecular complexity index is 2230. The molecule has 2 aliphatic heterocycles. The van der Waals surface area contributed by atoms with Gasteiger partial charge in [-0.2, -0.15) is 0 Å². The van der Waals surface area contributed by atoms with E-state index < -0.39 is 55.2 Å². The standard InChI is InChI=1S/C38H42N6O8/c1-7-21-17(3)25-12-27-19(5)23(9-10-33(47)48)36(43-27)24(11-31(45)39-15-32(46)40-16-34(49)50)37-35(38(51)52)20(6)28(44-37)14-30-22(8-2)18(4)26(42-30)13-29(21)41-25/h7,12-14,19,23,41-42H,1,8-11,15-16H2,2-6H3,(H,39,45)(H,40,46)(H,47,48)(H,49,50)(H,51,52). The largest absolute Gasteiger partial charge is 0.481 e. The molecular weight excluding hydrogens is 668 g/mol. The first-order valence-electron chi connectivity index (χ1n) is 16.9. The zero-order valence-electron chi connectivity index (χ0n) is 29.7. The molecule has 2 unspecified atom stereocenters. The molecule has 14 heteroatoms. The summed E-state index contributed by atoms with van der Waals surface area (Å²) in [5.74, 6) is -5.83. The number of carboxylic acids is 3. The SMILES string of the molecule is C=Cc1c(C)c2cc3nc(c(CC(=O)NCC(=O)NCC(=O)O)c4nc(cc5[nH]c(cc1[nH]2)c(C)c5CC)C(C)=C4C(=O)O)C(CCC(=O)O)C3C. The van der Waals surface area contributed by atoms with E-state index in [1.54, 1.807) is 19.1 Å². The number of hydrogen-bond acceptors (Lipinski definition) is 7. The van der Waals surface area contributed by atoms with Gasteiger partial charge in [0.25, 0.3) is 0 Å². The maximum atomic E-state index is 13.5. The lowest BCUT2D eigenvalue weighted by Crippen LogP contribution is -2.39. The zero-order chi connectivity index (χ0) is 38.0. The van der Waals surface area contributed by atoms with Crippen LogP contribution in [0, 0.1) is 13.8 Å². The number of aromatic amines is 2. The summed E-state index contributed by atoms with van der Waals surface area (Å²) in [6.45, 7) is 12.4. The van der Waals surface area contributed by atoms with E-state index in [9.17, 15) is 34.2 Å². The third-order valence-electron chi connectivity index (χ3n) is 9.84. The molecule has 2 amide bonds. The average Bonchev–Trinajstić information content (AvgIpc) is 3.77. The van der Waals surface area contributed by atoms with Gasteiger partial charge in [0.2, 0.25) is 11.8 Å². The molecule has 2 aliphatic rings. The van der Waals surface area contributed by atoms with E-state index >= 15 is 0 Å². The maximum absolute atomic E-state index is 13.5. The molecule has 0 saturated carbocycles. The van der Waals surface area contributed by atoms with E-state index in [0.29, 0.717) is 29.1 Å². The second-order valence-electron chi connectivity index (χ2n) is 13.0. The minimum absolute atomic E-state index is 0.0155. The van der Waals surface area contributed by atoms with Crippen LogP contribution in [0.4, 0.5) is 0 Å². The van der Waals surface area contributed by atoms with Crippen LogP contribution >= 0.6 is 0 Å². The number of allylic oxidation sites excluding steroid dienone is 1. The number of hydrogen-bond donors (Lipinski definition) is 7. The van der Waals surface area contributed by atoms with Gasteiger partial charge in [-0.1, -0.05) is 26.5 Å². The third-order valence-corrected chi connectivity index (χ3v) is 9.84. The number of amides is 2. The summed E-state index contributed by atoms with van der Waals surface area (Å²) in [6, 6.07) is 5.68. The van der Waals surface area contributed by atoms with Gasteiger partial charge < -0.3 is 35.9 Å². The predicted molar refractivity (Wildman–Crippen MR) is 195 cm³/mol. The number of aromatic nitrogens is 4. The van der Waals surface area contributed by atoms with Gasteiger partial charge in [0.1, 0.15) is 6.54 Å². The Morgan fingerprint density at radius 3 is 2.15 bits per heavy atom. The lowest BCUT2D eigenvalue weighted by Gasteiger charge is -2.18. The number of carboxylic acid groups (broad SMARTS) is 3. The van der Waals surface area contributed by atoms with Gasteiger partial charge in [-0.25, -0.2) is 9.78 Å². The Kier molecular flexibility index (Phi) is 10.8. The molecule has 7 N–H and O–H groups in total. The molecule has 52 heavy (non-hydrogen) atoms. The van der Waals surface area contributed by atoms with Gasteiger partial charge in [0.05, 0.1) is 35.6 Å². The monoisotopic (exact) mass is 710 g/mol. The Morgan fingerprint density at radius 1 is 0.846 bits per heavy atom. The van der Waals surface area contributed by atoms with Crippen molar-refractivity contribution in [1.82, 2.24) is 30.6 Å². The van der Waals surface area contributed by atoms with Crippen LogP contribution < -0.4 is 10.6 Å². The molecule has 272 valence electrons. The predicted octanol–water partition coefficient (Wildman–Crippen LogP) is 4.76. The number of carbonyl (C=O) groups excluding carboxylic acids is 2. The summed E-state index contributed by atoms with van der Waals surface area (Å²) >= 11 is 0. The van der Waals surface area contributed by atoms with Crippen molar-refractivity contribution in [1.29, 1.82) is 0 Å². The Labute approximate surface area is 299 Å². The maximum Gasteiger partial charge on any atom is 0.338 e. The first-order chi connectivity index (χ1) is 24.6. The van der Waals surface area contributed by atoms with E-state index in [1.165, 1.54) is 0 Å². The van der Waals surface area contributed by atoms with Crippen LogP contribution in [-0.4, -0.2) is 78.1 Å². The summed E-state index contributed by atoms with van der Waals surface area (Å²) in [5, 5.41) is 33.8. The molecule has 3 aromatic rings. The second kappa shape index (κ2) is 15.1. The average molecular weight is 711 g/mol. The zero-order valence-corrected chi connectivity index (χ0v) is 29.7. The van der Waals surface area contributed by atoms with Crippen molar-refractivity contribution in [3.8, 4) is 0 Å². The molecule has 2 atom stereocenters. The summed E-state index contributed by atoms with van der Waals surface area (Å²) in [6.07, 6.45) is 1.94. The van der Waals surface area contributed by atoms with Gasteiger partial charge in [0, 0.05) is 57.1 Å². The highest BCUT2D eigenvalue weighted by Crippen LogP contribution is 2.43. The van der Waals surface area contributed by atoms with E-state index in [0.717, 1.165) is 44.3 Å². The summed E-state index contributed by atoms with van der Waals surface area (Å²) < 4.78 is 0. The highest BCUT2D eigenvalue weighted by molar-refractivity contribution is 6.24. The van der Waals surface area contributed by atoms with Crippen molar-refractivity contribution in [3.05, 3.63) is 75.4 Å². The first-order valence-corrected chi connectivity index (χ1v) is 16.9. The lowest BCUT2D eigenvalue weighted by atomic mass is 9.84. The molecule has 0 aromatic carbocycles. The number of nitrogens with one attached hydrogen (secondary N) is 4. The van der Waals surface area contributed by atoms with E-state index in [2.05, 4.69) is 27.2 Å². The molecule has 5 heterocycles. The van der Waals surface area contributed by atoms with Crippen molar-refractivity contribution in [3.63, 3.8) is 0 Å². The number of nitrogens with zero attached hydrogens (tertiary/aromatic N) is 2. The van der Waals surface area contributed by atoms with E-state index in [1.807, 2.05) is 39.8 Å². The summed E-state index contributed by atoms with van der Waals surface area (Å²) in [4.78, 5) is 78.3. The number of aryl methyl sites for hydroxylation is 3. The second-order valence-corrected chi connectivity index (χ2v) is 13.0. The minimum Gasteiger partial charge on any atom is -0.481 e. The lowest BCUT2D eigenvalue weighted by molar-refractivity contribution is -0.138. The van der Waals surface area contributed by atoms with Crippen LogP contribution in [0.25, 0.3) is 39.3 Å². The van der Waals surface area contributed by atoms with Crippen LogP contribution in [0.3, 0.4) is 0 Å². The van der Waals surface area contributed by atoms with Crippen molar-refractivity contribution in [2.75, 3.05) is 13.1 Å². The third kappa shape index (κ3) is 7.36. The molecule has 0 aliphatic carbocycles. The van der Waals surface area contributed by atoms with Crippen LogP contribution in [0.2, 0.25) is 0 Å². The van der Waals surface area contributed by atoms with Crippen LogP contribution in [0.1, 0.15) is 96.0 Å². The Morgan fingerprint density at radius 2 is 1.52 bits per heavy atom. The highest BCUT2D eigenvalue weighted by atomic mass is 16.4. The molecule has 5 rings (SSSR count). The number of carbonyl (C=O) groups is 5. The quantitative estimate of drug-likeness (QED) is 0.136. The molecule has 0 radical (unpaired) electrons. The topological polar surface area (TPSA) is 227 Å². The number of fused-ring (bicyclic) bond motifs is 8. The fourth-order valence-electron chi connectivity index (χ4n) is 7.01. The first kappa shape index (κ1) is 37.2. The van der Waals surface area contributed by atoms with Crippen molar-refractivity contribution in [2.24, 2.45) is 0 Å². The van der Waals surface area contributed by atoms with E-state index in [-0.39, 0.29) is 35.6 Å². The van der Waals surface area contributed by atoms with Gasteiger partial charge in [-0.3, -0.25) is 24.2 Å². The van der Waals surface area contributed by atoms with Crippen molar-refractivity contribution >= 4 is 69.0 Å². The molecule has 0 spiro atoms. The number of rotatable bonds is 12. The molecule has 8 bridgehead atoms. The smallest absolute Gasteiger partial charge is 0.338 e. The normalized spacial score (nSPS) is 15.3. The minimum atomic E-state index is -1.27. The molecule has 0 saturated heterocycles. The molecule has 14 nitrogen and oxygen atoms in total. The van der Waals surface area contributed by atoms with Crippen molar-refractivity contribution in [2.45, 2.75) is 72.1 Å². The van der Waals surface area contributed by atoms with Crippen LogP contribution in [-0.2, 0) is 36.8 Å². The summed E-state index contributed by atoms with van der Waals surface area (Å²) in [7, 11) is 0. The molecule has 0 fully saturated rings. The molecule has 3 aromatic heterocycles. The van der Waals surface area contributed by atoms with Gasteiger partial charge in [-0.15, -0.1) is 0 Å². The summed E-state index contributed by atoms with van der Waals surface area (Å²) in [5.41, 5.74) is 8.71. The fourth-order valence-corrected chi connectivity index (χ4v) is 7.01. The number of aliphatic carboxylic acids is 3. The van der Waals surface area contributed by atoms with Crippen LogP contribution in [0.5, 0.6) is 0 Å². The highest BCUT2D eigenvalue weighted by Gasteiger charge is 2.35. The molecular formula is C38H42N6O8. The van der Waals surface area contributed by atoms with E-state index in [4.69, 9.17) is 15.1 Å². The number of H-pyrrole nitrogens is 2. The van der Waals surface area contributed by atoms with Gasteiger partial charge in [0.15, 0.2) is 0 Å². The van der Waals surface area contributed by atoms with Gasteiger partial charge >= 0.3 is 17.9 Å². The van der Waals surface area contributed by atoms with Crippen molar-refractivity contribution < 1.29 is 39.3 Å². The fraction of sp³-hybridized carbons (Fsp3) is 0.342. The Balaban J connectivity index is 1.88. The Hall–Kier alpha value is -6.05. The van der Waals surface area contributed by atoms with Gasteiger partial charge in [-0.05, 0) is 74.1 Å².